The number of benzene rings is 1. The number of nitrogens with zero attached hydrogens (tertiary/aromatic N) is 6. The van der Waals surface area contributed by atoms with E-state index in [9.17, 15) is 9.18 Å². The van der Waals surface area contributed by atoms with Gasteiger partial charge in [-0.15, -0.1) is 5.10 Å². The molecule has 1 aromatic carbocycles. The Bertz CT molecular complexity index is 1010. The van der Waals surface area contributed by atoms with E-state index >= 15 is 0 Å². The van der Waals surface area contributed by atoms with Crippen LogP contribution in [0.3, 0.4) is 0 Å². The standard InChI is InChI=1S/C22H25FN6O2/c23-17-9-7-16(8-10-17)20(21-24-25-26-29(21)18-4-1-2-5-18)27-11-13-28(14-12-27)22(30)19-6-3-15-31-19/h3,6-10,15,18,20H,1-2,4-5,11-14H2/t20-/m1/s1. The summed E-state index contributed by atoms with van der Waals surface area (Å²) in [5.74, 6) is 0.767. The molecule has 0 N–H and O–H groups in total. The summed E-state index contributed by atoms with van der Waals surface area (Å²) in [6, 6.07) is 10.1. The first-order chi connectivity index (χ1) is 15.2. The van der Waals surface area contributed by atoms with Crippen LogP contribution in [0.4, 0.5) is 4.39 Å². The number of furan rings is 1. The van der Waals surface area contributed by atoms with Crippen molar-refractivity contribution in [3.05, 3.63) is 65.6 Å². The van der Waals surface area contributed by atoms with E-state index in [1.165, 1.54) is 31.2 Å². The smallest absolute Gasteiger partial charge is 0.289 e. The molecule has 1 atom stereocenters. The molecule has 162 valence electrons. The van der Waals surface area contributed by atoms with Crippen LogP contribution < -0.4 is 0 Å². The van der Waals surface area contributed by atoms with Gasteiger partial charge in [-0.05, 0) is 53.1 Å². The number of halogens is 1. The Balaban J connectivity index is 1.40. The van der Waals surface area contributed by atoms with Gasteiger partial charge >= 0.3 is 0 Å². The third-order valence-electron chi connectivity index (χ3n) is 6.32. The Morgan fingerprint density at radius 3 is 2.48 bits per heavy atom. The van der Waals surface area contributed by atoms with E-state index in [0.717, 1.165) is 24.2 Å². The summed E-state index contributed by atoms with van der Waals surface area (Å²) in [6.45, 7) is 2.46. The number of carbonyl (C=O) groups is 1. The second kappa shape index (κ2) is 8.58. The molecule has 2 fully saturated rings. The summed E-state index contributed by atoms with van der Waals surface area (Å²) in [5.41, 5.74) is 0.946. The van der Waals surface area contributed by atoms with E-state index in [0.29, 0.717) is 38.0 Å². The van der Waals surface area contributed by atoms with Gasteiger partial charge in [0.1, 0.15) is 5.82 Å². The molecule has 1 aliphatic carbocycles. The summed E-state index contributed by atoms with van der Waals surface area (Å²) in [7, 11) is 0. The highest BCUT2D eigenvalue weighted by Crippen LogP contribution is 2.34. The van der Waals surface area contributed by atoms with Crippen molar-refractivity contribution in [1.29, 1.82) is 0 Å². The first-order valence-corrected chi connectivity index (χ1v) is 10.8. The van der Waals surface area contributed by atoms with Crippen LogP contribution in [0.25, 0.3) is 0 Å². The van der Waals surface area contributed by atoms with Crippen molar-refractivity contribution in [2.24, 2.45) is 0 Å². The monoisotopic (exact) mass is 424 g/mol. The van der Waals surface area contributed by atoms with Gasteiger partial charge in [0, 0.05) is 26.2 Å². The van der Waals surface area contributed by atoms with Crippen molar-refractivity contribution in [2.75, 3.05) is 26.2 Å². The van der Waals surface area contributed by atoms with Crippen LogP contribution >= 0.6 is 0 Å². The van der Waals surface area contributed by atoms with Gasteiger partial charge in [-0.2, -0.15) is 0 Å². The Labute approximate surface area is 179 Å². The van der Waals surface area contributed by atoms with Crippen molar-refractivity contribution in [3.8, 4) is 0 Å². The zero-order valence-corrected chi connectivity index (χ0v) is 17.2. The summed E-state index contributed by atoms with van der Waals surface area (Å²) in [4.78, 5) is 16.7. The number of hydrogen-bond acceptors (Lipinski definition) is 6. The number of piperazine rings is 1. The van der Waals surface area contributed by atoms with Crippen molar-refractivity contribution in [1.82, 2.24) is 30.0 Å². The molecule has 1 amide bonds. The van der Waals surface area contributed by atoms with Crippen LogP contribution in [0.5, 0.6) is 0 Å². The van der Waals surface area contributed by atoms with E-state index in [2.05, 4.69) is 20.4 Å². The van der Waals surface area contributed by atoms with Crippen molar-refractivity contribution >= 4 is 5.91 Å². The molecular weight excluding hydrogens is 399 g/mol. The highest BCUT2D eigenvalue weighted by atomic mass is 19.1. The molecule has 0 bridgehead atoms. The van der Waals surface area contributed by atoms with E-state index in [-0.39, 0.29) is 17.8 Å². The Hall–Kier alpha value is -3.07. The molecule has 1 saturated carbocycles. The molecular formula is C22H25FN6O2. The summed E-state index contributed by atoms with van der Waals surface area (Å²) >= 11 is 0. The van der Waals surface area contributed by atoms with Gasteiger partial charge < -0.3 is 9.32 Å². The lowest BCUT2D eigenvalue weighted by Crippen LogP contribution is -2.50. The maximum absolute atomic E-state index is 13.6. The molecule has 5 rings (SSSR count). The Kier molecular flexibility index (Phi) is 5.50. The van der Waals surface area contributed by atoms with Gasteiger partial charge in [0.15, 0.2) is 11.6 Å². The van der Waals surface area contributed by atoms with Crippen LogP contribution in [-0.2, 0) is 0 Å². The van der Waals surface area contributed by atoms with Crippen LogP contribution in [0, 0.1) is 5.82 Å². The predicted octanol–water partition coefficient (Wildman–Crippen LogP) is 3.07. The van der Waals surface area contributed by atoms with Gasteiger partial charge in [0.25, 0.3) is 5.91 Å². The minimum Gasteiger partial charge on any atom is -0.459 e. The highest BCUT2D eigenvalue weighted by Gasteiger charge is 2.34. The fraction of sp³-hybridized carbons (Fsp3) is 0.455. The molecule has 8 nitrogen and oxygen atoms in total. The highest BCUT2D eigenvalue weighted by molar-refractivity contribution is 5.91. The second-order valence-corrected chi connectivity index (χ2v) is 8.18. The molecule has 2 aliphatic rings. The van der Waals surface area contributed by atoms with Gasteiger partial charge in [0.2, 0.25) is 0 Å². The van der Waals surface area contributed by atoms with Gasteiger partial charge in [-0.1, -0.05) is 25.0 Å². The number of amides is 1. The minimum absolute atomic E-state index is 0.0984. The molecule has 1 saturated heterocycles. The van der Waals surface area contributed by atoms with E-state index in [1.807, 2.05) is 4.68 Å². The van der Waals surface area contributed by atoms with Crippen molar-refractivity contribution in [2.45, 2.75) is 37.8 Å². The normalized spacial score (nSPS) is 19.1. The number of tetrazole rings is 1. The van der Waals surface area contributed by atoms with Gasteiger partial charge in [0.05, 0.1) is 18.3 Å². The summed E-state index contributed by atoms with van der Waals surface area (Å²) in [5, 5.41) is 12.7. The minimum atomic E-state index is -0.272. The Morgan fingerprint density at radius 2 is 1.81 bits per heavy atom. The van der Waals surface area contributed by atoms with Crippen molar-refractivity contribution in [3.63, 3.8) is 0 Å². The maximum Gasteiger partial charge on any atom is 0.289 e. The molecule has 3 heterocycles. The molecule has 3 aromatic rings. The van der Waals surface area contributed by atoms with E-state index < -0.39 is 0 Å². The lowest BCUT2D eigenvalue weighted by molar-refractivity contribution is 0.0558. The number of hydrogen-bond donors (Lipinski definition) is 0. The average Bonchev–Trinajstić information content (AvgIpc) is 3.57. The lowest BCUT2D eigenvalue weighted by Gasteiger charge is -2.38. The van der Waals surface area contributed by atoms with Crippen LogP contribution in [-0.4, -0.2) is 62.1 Å². The largest absolute Gasteiger partial charge is 0.459 e. The second-order valence-electron chi connectivity index (χ2n) is 8.18. The average molecular weight is 424 g/mol. The van der Waals surface area contributed by atoms with Crippen molar-refractivity contribution < 1.29 is 13.6 Å². The first-order valence-electron chi connectivity index (χ1n) is 10.8. The maximum atomic E-state index is 13.6. The number of aromatic nitrogens is 4. The quantitative estimate of drug-likeness (QED) is 0.626. The lowest BCUT2D eigenvalue weighted by atomic mass is 10.0. The fourth-order valence-electron chi connectivity index (χ4n) is 4.70. The SMILES string of the molecule is O=C(c1ccco1)N1CCN([C@H](c2ccc(F)cc2)c2nnnn2C2CCCC2)CC1. The Morgan fingerprint density at radius 1 is 1.06 bits per heavy atom. The van der Waals surface area contributed by atoms with E-state index in [4.69, 9.17) is 4.42 Å². The molecule has 2 aromatic heterocycles. The topological polar surface area (TPSA) is 80.3 Å². The van der Waals surface area contributed by atoms with Gasteiger partial charge in [-0.25, -0.2) is 9.07 Å². The fourth-order valence-corrected chi connectivity index (χ4v) is 4.70. The molecule has 0 spiro atoms. The zero-order chi connectivity index (χ0) is 21.2. The number of rotatable bonds is 5. The third kappa shape index (κ3) is 3.97. The van der Waals surface area contributed by atoms with Crippen LogP contribution in [0.2, 0.25) is 0 Å². The molecule has 9 heteroatoms. The summed E-state index contributed by atoms with van der Waals surface area (Å²) in [6.07, 6.45) is 6.01. The third-order valence-corrected chi connectivity index (χ3v) is 6.32. The van der Waals surface area contributed by atoms with E-state index in [1.54, 1.807) is 29.2 Å². The summed E-state index contributed by atoms with van der Waals surface area (Å²) < 4.78 is 20.8. The number of carbonyl (C=O) groups excluding carboxylic acids is 1. The zero-order valence-electron chi connectivity index (χ0n) is 17.2. The van der Waals surface area contributed by atoms with Gasteiger partial charge in [-0.3, -0.25) is 9.69 Å². The first kappa shape index (κ1) is 19.9. The predicted molar refractivity (Wildman–Crippen MR) is 110 cm³/mol. The molecule has 1 aliphatic heterocycles. The van der Waals surface area contributed by atoms with Crippen LogP contribution in [0.1, 0.15) is 59.7 Å². The molecule has 31 heavy (non-hydrogen) atoms. The van der Waals surface area contributed by atoms with Crippen LogP contribution in [0.15, 0.2) is 47.1 Å². The molecule has 0 unspecified atom stereocenters. The molecule has 0 radical (unpaired) electrons.